The molecule has 8 nitrogen and oxygen atoms in total. The van der Waals surface area contributed by atoms with Gasteiger partial charge in [0, 0.05) is 41.8 Å². The van der Waals surface area contributed by atoms with Gasteiger partial charge >= 0.3 is 0 Å². The average molecular weight is 580 g/mol. The maximum atomic E-state index is 13.4. The number of hydrogen-bond donors (Lipinski definition) is 1. The Morgan fingerprint density at radius 3 is 2.00 bits per heavy atom. The van der Waals surface area contributed by atoms with Crippen LogP contribution >= 0.6 is 23.4 Å². The number of piperazine rings is 1. The molecule has 1 aliphatic heterocycles. The Balaban J connectivity index is 1.52. The summed E-state index contributed by atoms with van der Waals surface area (Å²) in [6, 6.07) is 21.8. The molecule has 1 N–H and O–H groups in total. The standard InChI is InChI=1S/C25H26ClN3O5S3/c26-20-11-13-21(14-12-20)35-18-15-27-25(30)24-19-28(36(31,32)22-7-3-1-4-8-22)16-17-29(24)37(33,34)23-9-5-2-6-10-23/h1-14,24H,15-19H2,(H,27,30). The van der Waals surface area contributed by atoms with Gasteiger partial charge in [-0.2, -0.15) is 8.61 Å². The minimum Gasteiger partial charge on any atom is -0.354 e. The lowest BCUT2D eigenvalue weighted by atomic mass is 10.2. The molecule has 0 aromatic heterocycles. The zero-order valence-electron chi connectivity index (χ0n) is 19.7. The molecule has 3 aromatic rings. The van der Waals surface area contributed by atoms with E-state index in [0.29, 0.717) is 10.8 Å². The second-order valence-electron chi connectivity index (χ2n) is 8.21. The molecule has 1 atom stereocenters. The first kappa shape index (κ1) is 27.6. The first-order valence-corrected chi connectivity index (χ1v) is 15.7. The number of benzene rings is 3. The number of rotatable bonds is 9. The van der Waals surface area contributed by atoms with Crippen LogP contribution in [0.4, 0.5) is 0 Å². The molecule has 3 aromatic carbocycles. The van der Waals surface area contributed by atoms with Gasteiger partial charge in [0.1, 0.15) is 6.04 Å². The van der Waals surface area contributed by atoms with Gasteiger partial charge in [-0.1, -0.05) is 48.0 Å². The molecule has 0 radical (unpaired) electrons. The predicted molar refractivity (Wildman–Crippen MR) is 145 cm³/mol. The van der Waals surface area contributed by atoms with E-state index in [0.717, 1.165) is 9.20 Å². The van der Waals surface area contributed by atoms with E-state index in [1.165, 1.54) is 40.3 Å². The van der Waals surface area contributed by atoms with Crippen molar-refractivity contribution >= 4 is 49.3 Å². The highest BCUT2D eigenvalue weighted by Gasteiger charge is 2.43. The number of sulfonamides is 2. The van der Waals surface area contributed by atoms with E-state index in [-0.39, 0.29) is 36.0 Å². The molecule has 0 saturated carbocycles. The summed E-state index contributed by atoms with van der Waals surface area (Å²) in [6.07, 6.45) is 0. The lowest BCUT2D eigenvalue weighted by Gasteiger charge is -2.38. The van der Waals surface area contributed by atoms with Gasteiger partial charge in [0.05, 0.1) is 9.79 Å². The summed E-state index contributed by atoms with van der Waals surface area (Å²) >= 11 is 7.42. The molecule has 1 aliphatic rings. The number of hydrogen-bond acceptors (Lipinski definition) is 6. The van der Waals surface area contributed by atoms with Crippen molar-refractivity contribution in [2.24, 2.45) is 0 Å². The fraction of sp³-hybridized carbons (Fsp3) is 0.240. The summed E-state index contributed by atoms with van der Waals surface area (Å²) in [4.78, 5) is 14.4. The van der Waals surface area contributed by atoms with Crippen LogP contribution in [0.25, 0.3) is 0 Å². The first-order chi connectivity index (χ1) is 17.7. The summed E-state index contributed by atoms with van der Waals surface area (Å²) < 4.78 is 55.6. The van der Waals surface area contributed by atoms with E-state index in [1.807, 2.05) is 12.1 Å². The molecule has 0 bridgehead atoms. The number of nitrogens with one attached hydrogen (secondary N) is 1. The Hall–Kier alpha value is -2.41. The third-order valence-electron chi connectivity index (χ3n) is 5.81. The molecular formula is C25H26ClN3O5S3. The van der Waals surface area contributed by atoms with E-state index >= 15 is 0 Å². The van der Waals surface area contributed by atoms with E-state index in [2.05, 4.69) is 5.32 Å². The van der Waals surface area contributed by atoms with Gasteiger partial charge in [-0.25, -0.2) is 16.8 Å². The van der Waals surface area contributed by atoms with Crippen molar-refractivity contribution in [3.05, 3.63) is 90.0 Å². The molecule has 0 spiro atoms. The van der Waals surface area contributed by atoms with Gasteiger partial charge < -0.3 is 5.32 Å². The molecule has 12 heteroatoms. The summed E-state index contributed by atoms with van der Waals surface area (Å²) in [5, 5.41) is 3.42. The minimum atomic E-state index is -4.03. The second kappa shape index (κ2) is 12.0. The van der Waals surface area contributed by atoms with Gasteiger partial charge in [0.25, 0.3) is 0 Å². The van der Waals surface area contributed by atoms with Gasteiger partial charge in [0.2, 0.25) is 26.0 Å². The quantitative estimate of drug-likeness (QED) is 0.308. The molecule has 1 unspecified atom stereocenters. The lowest BCUT2D eigenvalue weighted by molar-refractivity contribution is -0.125. The number of nitrogens with zero attached hydrogens (tertiary/aromatic N) is 2. The summed E-state index contributed by atoms with van der Waals surface area (Å²) in [6.45, 7) is -0.243. The van der Waals surface area contributed by atoms with Crippen LogP contribution in [0.15, 0.2) is 99.6 Å². The molecule has 1 saturated heterocycles. The molecule has 1 fully saturated rings. The Bertz CT molecular complexity index is 1420. The molecule has 4 rings (SSSR count). The fourth-order valence-electron chi connectivity index (χ4n) is 3.92. The van der Waals surface area contributed by atoms with Crippen molar-refractivity contribution in [2.75, 3.05) is 31.9 Å². The first-order valence-electron chi connectivity index (χ1n) is 11.5. The van der Waals surface area contributed by atoms with Crippen molar-refractivity contribution < 1.29 is 21.6 Å². The Morgan fingerprint density at radius 2 is 1.41 bits per heavy atom. The minimum absolute atomic E-state index is 0.0467. The number of carbonyl (C=O) groups is 1. The predicted octanol–water partition coefficient (Wildman–Crippen LogP) is 3.31. The summed E-state index contributed by atoms with van der Waals surface area (Å²) in [5.41, 5.74) is 0. The largest absolute Gasteiger partial charge is 0.354 e. The molecule has 1 amide bonds. The SMILES string of the molecule is O=C(NCCSc1ccc(Cl)cc1)C1CN(S(=O)(=O)c2ccccc2)CCN1S(=O)(=O)c1ccccc1. The normalized spacial score (nSPS) is 17.4. The van der Waals surface area contributed by atoms with Crippen LogP contribution in [0.1, 0.15) is 0 Å². The van der Waals surface area contributed by atoms with Crippen LogP contribution in [-0.4, -0.2) is 69.3 Å². The van der Waals surface area contributed by atoms with Crippen molar-refractivity contribution in [2.45, 2.75) is 20.7 Å². The topological polar surface area (TPSA) is 104 Å². The molecule has 37 heavy (non-hydrogen) atoms. The van der Waals surface area contributed by atoms with E-state index < -0.39 is 32.0 Å². The Morgan fingerprint density at radius 1 is 0.838 bits per heavy atom. The maximum absolute atomic E-state index is 13.4. The summed E-state index contributed by atoms with van der Waals surface area (Å²) in [7, 11) is -7.94. The highest BCUT2D eigenvalue weighted by molar-refractivity contribution is 7.99. The monoisotopic (exact) mass is 579 g/mol. The Kier molecular flexibility index (Phi) is 8.94. The van der Waals surface area contributed by atoms with Crippen LogP contribution < -0.4 is 5.32 Å². The maximum Gasteiger partial charge on any atom is 0.243 e. The zero-order valence-corrected chi connectivity index (χ0v) is 22.9. The van der Waals surface area contributed by atoms with Gasteiger partial charge in [-0.3, -0.25) is 4.79 Å². The molecule has 1 heterocycles. The van der Waals surface area contributed by atoms with Crippen LogP contribution in [0.2, 0.25) is 5.02 Å². The second-order valence-corrected chi connectivity index (χ2v) is 13.6. The fourth-order valence-corrected chi connectivity index (χ4v) is 7.87. The molecule has 196 valence electrons. The zero-order chi connectivity index (χ0) is 26.5. The van der Waals surface area contributed by atoms with Crippen molar-refractivity contribution in [3.63, 3.8) is 0 Å². The smallest absolute Gasteiger partial charge is 0.243 e. The highest BCUT2D eigenvalue weighted by Crippen LogP contribution is 2.26. The van der Waals surface area contributed by atoms with Crippen molar-refractivity contribution in [1.82, 2.24) is 13.9 Å². The van der Waals surface area contributed by atoms with Crippen LogP contribution in [0.3, 0.4) is 0 Å². The van der Waals surface area contributed by atoms with Crippen molar-refractivity contribution in [3.8, 4) is 0 Å². The number of halogens is 1. The lowest BCUT2D eigenvalue weighted by Crippen LogP contribution is -2.61. The Labute approximate surface area is 226 Å². The number of thioether (sulfide) groups is 1. The van der Waals surface area contributed by atoms with Crippen molar-refractivity contribution in [1.29, 1.82) is 0 Å². The van der Waals surface area contributed by atoms with Crippen LogP contribution in [0.5, 0.6) is 0 Å². The van der Waals surface area contributed by atoms with Crippen LogP contribution in [-0.2, 0) is 24.8 Å². The highest BCUT2D eigenvalue weighted by atomic mass is 35.5. The third-order valence-corrected chi connectivity index (χ3v) is 10.9. The third kappa shape index (κ3) is 6.54. The van der Waals surface area contributed by atoms with E-state index in [1.54, 1.807) is 48.5 Å². The average Bonchev–Trinajstić information content (AvgIpc) is 2.92. The molecular weight excluding hydrogens is 554 g/mol. The molecule has 0 aliphatic carbocycles. The van der Waals surface area contributed by atoms with Gasteiger partial charge in [-0.15, -0.1) is 11.8 Å². The van der Waals surface area contributed by atoms with Gasteiger partial charge in [-0.05, 0) is 48.5 Å². The van der Waals surface area contributed by atoms with Crippen LogP contribution in [0, 0.1) is 0 Å². The van der Waals surface area contributed by atoms with E-state index in [9.17, 15) is 21.6 Å². The number of amides is 1. The van der Waals surface area contributed by atoms with Gasteiger partial charge in [0.15, 0.2) is 0 Å². The van der Waals surface area contributed by atoms with E-state index in [4.69, 9.17) is 11.6 Å². The summed E-state index contributed by atoms with van der Waals surface area (Å²) in [5.74, 6) is -0.0124. The number of carbonyl (C=O) groups excluding carboxylic acids is 1.